The van der Waals surface area contributed by atoms with Crippen LogP contribution in [0.15, 0.2) is 54.0 Å². The predicted octanol–water partition coefficient (Wildman–Crippen LogP) is 4.87. The Kier molecular flexibility index (Phi) is 6.93. The monoisotopic (exact) mass is 463 g/mol. The molecule has 2 amide bonds. The third-order valence-electron chi connectivity index (χ3n) is 6.15. The second-order valence-corrected chi connectivity index (χ2v) is 9.14. The Morgan fingerprint density at radius 3 is 2.55 bits per heavy atom. The van der Waals surface area contributed by atoms with E-state index in [0.29, 0.717) is 29.4 Å². The van der Waals surface area contributed by atoms with Gasteiger partial charge in [0.05, 0.1) is 16.3 Å². The van der Waals surface area contributed by atoms with E-state index in [1.807, 2.05) is 59.5 Å². The van der Waals surface area contributed by atoms with Gasteiger partial charge in [-0.1, -0.05) is 19.1 Å². The second-order valence-electron chi connectivity index (χ2n) is 8.22. The molecule has 0 radical (unpaired) electrons. The maximum atomic E-state index is 11.9. The van der Waals surface area contributed by atoms with E-state index >= 15 is 0 Å². The quantitative estimate of drug-likeness (QED) is 0.522. The van der Waals surface area contributed by atoms with Crippen molar-refractivity contribution in [3.63, 3.8) is 0 Å². The summed E-state index contributed by atoms with van der Waals surface area (Å²) in [6.45, 7) is 3.57. The normalized spacial score (nSPS) is 14.2. The molecule has 33 heavy (non-hydrogen) atoms. The summed E-state index contributed by atoms with van der Waals surface area (Å²) >= 11 is 1.59. The maximum absolute atomic E-state index is 11.9. The van der Waals surface area contributed by atoms with E-state index in [2.05, 4.69) is 22.4 Å². The molecule has 1 aliphatic heterocycles. The number of benzene rings is 1. The molecule has 1 aromatic carbocycles. The fraction of sp³-hybridized carbons (Fsp3) is 0.320. The van der Waals surface area contributed by atoms with E-state index in [4.69, 9.17) is 5.73 Å². The Balaban J connectivity index is 1.46. The largest absolute Gasteiger partial charge is 0.365 e. The molecule has 4 rings (SSSR count). The van der Waals surface area contributed by atoms with Gasteiger partial charge in [0.25, 0.3) is 5.91 Å². The lowest BCUT2D eigenvalue weighted by molar-refractivity contribution is -0.131. The van der Waals surface area contributed by atoms with Crippen LogP contribution in [0.4, 0.5) is 22.2 Å². The molecular weight excluding hydrogens is 434 g/mol. The van der Waals surface area contributed by atoms with Gasteiger partial charge in [0.15, 0.2) is 0 Å². The standard InChI is InChI=1S/C25H29N5O2S/c1-3-23(31)30-12-10-18(11-13-30)17-6-8-19(9-7-17)28-22-15-21(20(16-27-22)25(26)32)29(2)24-5-4-14-33-24/h4-9,14-16,18H,3,10-13H2,1-2H3,(H2,26,32)(H,27,28). The van der Waals surface area contributed by atoms with E-state index in [-0.39, 0.29) is 5.91 Å². The third kappa shape index (κ3) is 5.17. The molecule has 3 aromatic rings. The highest BCUT2D eigenvalue weighted by atomic mass is 32.1. The number of nitrogens with two attached hydrogens (primary N) is 1. The highest BCUT2D eigenvalue weighted by Crippen LogP contribution is 2.33. The highest BCUT2D eigenvalue weighted by molar-refractivity contribution is 7.14. The van der Waals surface area contributed by atoms with Crippen LogP contribution < -0.4 is 16.0 Å². The number of rotatable bonds is 7. The van der Waals surface area contributed by atoms with Crippen molar-refractivity contribution >= 4 is 45.3 Å². The zero-order valence-corrected chi connectivity index (χ0v) is 19.8. The smallest absolute Gasteiger partial charge is 0.252 e. The minimum Gasteiger partial charge on any atom is -0.365 e. The van der Waals surface area contributed by atoms with E-state index in [9.17, 15) is 9.59 Å². The summed E-state index contributed by atoms with van der Waals surface area (Å²) in [5, 5.41) is 6.33. The number of carbonyl (C=O) groups is 2. The van der Waals surface area contributed by atoms with Crippen molar-refractivity contribution in [3.05, 3.63) is 65.2 Å². The van der Waals surface area contributed by atoms with Gasteiger partial charge in [-0.15, -0.1) is 11.3 Å². The summed E-state index contributed by atoms with van der Waals surface area (Å²) in [4.78, 5) is 32.2. The van der Waals surface area contributed by atoms with Crippen molar-refractivity contribution in [2.45, 2.75) is 32.1 Å². The number of hydrogen-bond donors (Lipinski definition) is 2. The van der Waals surface area contributed by atoms with Gasteiger partial charge >= 0.3 is 0 Å². The lowest BCUT2D eigenvalue weighted by Gasteiger charge is -2.32. The van der Waals surface area contributed by atoms with Crippen LogP contribution >= 0.6 is 11.3 Å². The van der Waals surface area contributed by atoms with Crippen molar-refractivity contribution in [1.82, 2.24) is 9.88 Å². The van der Waals surface area contributed by atoms with E-state index in [1.54, 1.807) is 11.3 Å². The van der Waals surface area contributed by atoms with Crippen LogP contribution in [0.1, 0.15) is 48.0 Å². The summed E-state index contributed by atoms with van der Waals surface area (Å²) in [5.74, 6) is 0.840. The van der Waals surface area contributed by atoms with Gasteiger partial charge in [-0.2, -0.15) is 0 Å². The van der Waals surface area contributed by atoms with Gasteiger partial charge in [-0.3, -0.25) is 9.59 Å². The summed E-state index contributed by atoms with van der Waals surface area (Å²) in [7, 11) is 1.91. The van der Waals surface area contributed by atoms with Crippen LogP contribution in [0, 0.1) is 0 Å². The van der Waals surface area contributed by atoms with Crippen LogP contribution in [-0.2, 0) is 4.79 Å². The van der Waals surface area contributed by atoms with Crippen molar-refractivity contribution in [3.8, 4) is 0 Å². The van der Waals surface area contributed by atoms with Crippen LogP contribution in [0.5, 0.6) is 0 Å². The van der Waals surface area contributed by atoms with Gasteiger partial charge in [0.1, 0.15) is 5.82 Å². The molecule has 0 spiro atoms. The first-order chi connectivity index (χ1) is 16.0. The average molecular weight is 464 g/mol. The molecule has 2 aromatic heterocycles. The first kappa shape index (κ1) is 22.8. The number of pyridine rings is 1. The molecule has 0 atom stereocenters. The summed E-state index contributed by atoms with van der Waals surface area (Å²) < 4.78 is 0. The number of hydrogen-bond acceptors (Lipinski definition) is 6. The Labute approximate surface area is 198 Å². The molecule has 172 valence electrons. The molecule has 0 aliphatic carbocycles. The van der Waals surface area contributed by atoms with Gasteiger partial charge in [-0.25, -0.2) is 4.98 Å². The number of thiophene rings is 1. The Bertz CT molecular complexity index is 1110. The van der Waals surface area contributed by atoms with Gasteiger partial charge in [-0.05, 0) is 54.0 Å². The topological polar surface area (TPSA) is 91.6 Å². The zero-order chi connectivity index (χ0) is 23.4. The van der Waals surface area contributed by atoms with Gasteiger partial charge < -0.3 is 20.9 Å². The summed E-state index contributed by atoms with van der Waals surface area (Å²) in [5.41, 5.74) is 8.87. The summed E-state index contributed by atoms with van der Waals surface area (Å²) in [6.07, 6.45) is 4.08. The van der Waals surface area contributed by atoms with Crippen molar-refractivity contribution < 1.29 is 9.59 Å². The van der Waals surface area contributed by atoms with Crippen LogP contribution in [0.3, 0.4) is 0 Å². The Morgan fingerprint density at radius 2 is 1.94 bits per heavy atom. The number of nitrogens with one attached hydrogen (secondary N) is 1. The van der Waals surface area contributed by atoms with Crippen LogP contribution in [0.2, 0.25) is 0 Å². The number of amides is 2. The number of carbonyl (C=O) groups excluding carboxylic acids is 2. The van der Waals surface area contributed by atoms with Crippen LogP contribution in [-0.4, -0.2) is 41.8 Å². The fourth-order valence-electron chi connectivity index (χ4n) is 4.23. The molecule has 3 heterocycles. The molecule has 8 heteroatoms. The number of aromatic nitrogens is 1. The zero-order valence-electron chi connectivity index (χ0n) is 19.0. The number of primary amides is 1. The van der Waals surface area contributed by atoms with E-state index in [0.717, 1.165) is 36.6 Å². The fourth-order valence-corrected chi connectivity index (χ4v) is 4.94. The molecule has 0 bridgehead atoms. The Hall–Kier alpha value is -3.39. The highest BCUT2D eigenvalue weighted by Gasteiger charge is 2.23. The van der Waals surface area contributed by atoms with Crippen molar-refractivity contribution in [2.24, 2.45) is 5.73 Å². The third-order valence-corrected chi connectivity index (χ3v) is 7.09. The van der Waals surface area contributed by atoms with Crippen molar-refractivity contribution in [2.75, 3.05) is 30.4 Å². The second kappa shape index (κ2) is 10.0. The van der Waals surface area contributed by atoms with Crippen LogP contribution in [0.25, 0.3) is 0 Å². The molecule has 3 N–H and O–H groups in total. The lowest BCUT2D eigenvalue weighted by atomic mass is 9.89. The first-order valence-corrected chi connectivity index (χ1v) is 12.1. The van der Waals surface area contributed by atoms with E-state index < -0.39 is 5.91 Å². The first-order valence-electron chi connectivity index (χ1n) is 11.2. The molecular formula is C25H29N5O2S. The number of nitrogens with zero attached hydrogens (tertiary/aromatic N) is 3. The van der Waals surface area contributed by atoms with E-state index in [1.165, 1.54) is 11.8 Å². The number of likely N-dealkylation sites (tertiary alicyclic amines) is 1. The molecule has 1 aliphatic rings. The molecule has 1 fully saturated rings. The predicted molar refractivity (Wildman–Crippen MR) is 134 cm³/mol. The molecule has 0 saturated carbocycles. The number of piperidine rings is 1. The minimum absolute atomic E-state index is 0.243. The molecule has 0 unspecified atom stereocenters. The number of anilines is 4. The minimum atomic E-state index is -0.511. The molecule has 1 saturated heterocycles. The Morgan fingerprint density at radius 1 is 1.21 bits per heavy atom. The SMILES string of the molecule is CCC(=O)N1CCC(c2ccc(Nc3cc(N(C)c4cccs4)c(C(N)=O)cn3)cc2)CC1. The van der Waals surface area contributed by atoms with Gasteiger partial charge in [0, 0.05) is 44.5 Å². The van der Waals surface area contributed by atoms with Gasteiger partial charge in [0.2, 0.25) is 5.91 Å². The molecule has 7 nitrogen and oxygen atoms in total. The average Bonchev–Trinajstić information content (AvgIpc) is 3.38. The lowest BCUT2D eigenvalue weighted by Crippen LogP contribution is -2.37. The maximum Gasteiger partial charge on any atom is 0.252 e. The van der Waals surface area contributed by atoms with Crippen molar-refractivity contribution in [1.29, 1.82) is 0 Å². The summed E-state index contributed by atoms with van der Waals surface area (Å²) in [6, 6.07) is 14.2.